The number of aromatic nitrogens is 1. The molecule has 9 nitrogen and oxygen atoms in total. The minimum absolute atomic E-state index is 0.0731. The van der Waals surface area contributed by atoms with Gasteiger partial charge in [-0.2, -0.15) is 0 Å². The number of carbonyl (C=O) groups is 3. The van der Waals surface area contributed by atoms with Crippen molar-refractivity contribution in [2.75, 3.05) is 27.2 Å². The second-order valence-corrected chi connectivity index (χ2v) is 8.81. The summed E-state index contributed by atoms with van der Waals surface area (Å²) >= 11 is 0. The zero-order valence-corrected chi connectivity index (χ0v) is 20.8. The van der Waals surface area contributed by atoms with E-state index in [4.69, 9.17) is 9.15 Å². The van der Waals surface area contributed by atoms with Crippen LogP contribution in [0.2, 0.25) is 0 Å². The van der Waals surface area contributed by atoms with E-state index in [1.54, 1.807) is 64.1 Å². The highest BCUT2D eigenvalue weighted by Crippen LogP contribution is 2.28. The van der Waals surface area contributed by atoms with Crippen LogP contribution in [0.3, 0.4) is 0 Å². The van der Waals surface area contributed by atoms with Crippen molar-refractivity contribution in [2.24, 2.45) is 0 Å². The first-order valence-corrected chi connectivity index (χ1v) is 11.7. The Morgan fingerprint density at radius 3 is 2.36 bits per heavy atom. The van der Waals surface area contributed by atoms with Crippen LogP contribution in [0.15, 0.2) is 57.9 Å². The van der Waals surface area contributed by atoms with Gasteiger partial charge in [0.25, 0.3) is 17.4 Å². The highest BCUT2D eigenvalue weighted by atomic mass is 16.5. The lowest BCUT2D eigenvalue weighted by Gasteiger charge is -2.26. The number of ketones is 1. The average molecular weight is 492 g/mol. The average Bonchev–Trinajstić information content (AvgIpc) is 3.33. The van der Waals surface area contributed by atoms with Gasteiger partial charge in [-0.3, -0.25) is 19.2 Å². The molecule has 0 saturated heterocycles. The van der Waals surface area contributed by atoms with Gasteiger partial charge in [-0.25, -0.2) is 0 Å². The standard InChI is InChI=1S/C27H29N3O6/c1-17(22-6-5-15-36-22)28(3)27(34)25-21-11-12-29(13-14-30(21)24(32)16-23(25)35-4)26(33)20-9-7-19(8-10-20)18(2)31/h5-10,15-17H,11-14H2,1-4H3/t17-/m1/s1. The SMILES string of the molecule is COc1cc(=O)n2c(c1C(=O)N(C)[C@H](C)c1ccco1)CCN(C(=O)c1ccc(C(C)=O)cc1)CC2. The first-order chi connectivity index (χ1) is 17.2. The van der Waals surface area contributed by atoms with Gasteiger partial charge >= 0.3 is 0 Å². The number of methoxy groups -OCH3 is 1. The lowest BCUT2D eigenvalue weighted by molar-refractivity contribution is 0.0719. The number of rotatable bonds is 6. The van der Waals surface area contributed by atoms with Gasteiger partial charge in [0.05, 0.1) is 19.4 Å². The fraction of sp³-hybridized carbons (Fsp3) is 0.333. The van der Waals surface area contributed by atoms with Crippen LogP contribution < -0.4 is 10.3 Å². The van der Waals surface area contributed by atoms with E-state index in [1.165, 1.54) is 20.1 Å². The number of fused-ring (bicyclic) bond motifs is 1. The largest absolute Gasteiger partial charge is 0.496 e. The number of hydrogen-bond donors (Lipinski definition) is 0. The molecule has 0 radical (unpaired) electrons. The quantitative estimate of drug-likeness (QED) is 0.491. The number of benzene rings is 1. The summed E-state index contributed by atoms with van der Waals surface area (Å²) in [6, 6.07) is 11.1. The van der Waals surface area contributed by atoms with Crippen molar-refractivity contribution in [2.45, 2.75) is 32.9 Å². The lowest BCUT2D eigenvalue weighted by atomic mass is 10.1. The van der Waals surface area contributed by atoms with Crippen molar-refractivity contribution >= 4 is 17.6 Å². The van der Waals surface area contributed by atoms with Crippen LogP contribution in [0.5, 0.6) is 5.75 Å². The fourth-order valence-electron chi connectivity index (χ4n) is 4.45. The van der Waals surface area contributed by atoms with Crippen LogP contribution >= 0.6 is 0 Å². The molecule has 0 saturated carbocycles. The normalized spacial score (nSPS) is 13.9. The highest BCUT2D eigenvalue weighted by Gasteiger charge is 2.30. The van der Waals surface area contributed by atoms with Gasteiger partial charge < -0.3 is 23.5 Å². The molecule has 0 N–H and O–H groups in total. The minimum Gasteiger partial charge on any atom is -0.496 e. The predicted octanol–water partition coefficient (Wildman–Crippen LogP) is 3.18. The molecule has 2 aromatic heterocycles. The number of pyridine rings is 1. The summed E-state index contributed by atoms with van der Waals surface area (Å²) in [6.07, 6.45) is 1.85. The molecule has 4 rings (SSSR count). The number of furan rings is 1. The number of ether oxygens (including phenoxy) is 1. The Morgan fingerprint density at radius 2 is 1.75 bits per heavy atom. The molecule has 188 valence electrons. The summed E-state index contributed by atoms with van der Waals surface area (Å²) < 4.78 is 12.5. The molecule has 1 aromatic carbocycles. The van der Waals surface area contributed by atoms with Gasteiger partial charge in [-0.05, 0) is 38.1 Å². The Bertz CT molecular complexity index is 1340. The first-order valence-electron chi connectivity index (χ1n) is 11.7. The van der Waals surface area contributed by atoms with Crippen LogP contribution in [0.1, 0.15) is 62.4 Å². The summed E-state index contributed by atoms with van der Waals surface area (Å²) in [4.78, 5) is 54.5. The van der Waals surface area contributed by atoms with Gasteiger partial charge in [-0.1, -0.05) is 12.1 Å². The Morgan fingerprint density at radius 1 is 1.06 bits per heavy atom. The van der Waals surface area contributed by atoms with Gasteiger partial charge in [0.1, 0.15) is 17.1 Å². The molecule has 0 aliphatic carbocycles. The molecule has 3 heterocycles. The van der Waals surface area contributed by atoms with Crippen LogP contribution in [-0.4, -0.2) is 59.2 Å². The Labute approximate surface area is 208 Å². The summed E-state index contributed by atoms with van der Waals surface area (Å²) in [5.74, 6) is 0.260. The minimum atomic E-state index is -0.341. The molecule has 0 fully saturated rings. The van der Waals surface area contributed by atoms with Crippen molar-refractivity contribution in [1.82, 2.24) is 14.4 Å². The van der Waals surface area contributed by atoms with E-state index in [9.17, 15) is 19.2 Å². The van der Waals surface area contributed by atoms with E-state index in [0.717, 1.165) is 0 Å². The van der Waals surface area contributed by atoms with Crippen LogP contribution in [-0.2, 0) is 13.0 Å². The molecule has 1 aliphatic rings. The Kier molecular flexibility index (Phi) is 7.10. The van der Waals surface area contributed by atoms with Crippen molar-refractivity contribution in [3.8, 4) is 5.75 Å². The number of nitrogens with zero attached hydrogens (tertiary/aromatic N) is 3. The van der Waals surface area contributed by atoms with Crippen LogP contribution in [0.4, 0.5) is 0 Å². The molecule has 0 spiro atoms. The third-order valence-corrected chi connectivity index (χ3v) is 6.71. The number of amides is 2. The Balaban J connectivity index is 1.64. The molecule has 1 atom stereocenters. The topological polar surface area (TPSA) is 102 Å². The van der Waals surface area contributed by atoms with Crippen molar-refractivity contribution in [3.63, 3.8) is 0 Å². The lowest BCUT2D eigenvalue weighted by Crippen LogP contribution is -2.34. The number of Topliss-reactive ketones (excluding diaryl/α,β-unsaturated/α-hetero) is 1. The molecular weight excluding hydrogens is 462 g/mol. The molecule has 2 amide bonds. The smallest absolute Gasteiger partial charge is 0.259 e. The molecular formula is C27H29N3O6. The number of carbonyl (C=O) groups excluding carboxylic acids is 3. The maximum Gasteiger partial charge on any atom is 0.259 e. The molecule has 0 unspecified atom stereocenters. The van der Waals surface area contributed by atoms with Crippen molar-refractivity contribution in [3.05, 3.63) is 87.2 Å². The summed E-state index contributed by atoms with van der Waals surface area (Å²) in [6.45, 7) is 4.19. The summed E-state index contributed by atoms with van der Waals surface area (Å²) in [7, 11) is 3.10. The Hall–Kier alpha value is -4.14. The first kappa shape index (κ1) is 25.0. The monoisotopic (exact) mass is 491 g/mol. The molecule has 9 heteroatoms. The third kappa shape index (κ3) is 4.68. The van der Waals surface area contributed by atoms with Gasteiger partial charge in [0.2, 0.25) is 0 Å². The van der Waals surface area contributed by atoms with E-state index in [1.807, 2.05) is 6.92 Å². The molecule has 3 aromatic rings. The van der Waals surface area contributed by atoms with E-state index in [0.29, 0.717) is 47.7 Å². The van der Waals surface area contributed by atoms with E-state index in [-0.39, 0.29) is 41.5 Å². The van der Waals surface area contributed by atoms with E-state index in [2.05, 4.69) is 0 Å². The van der Waals surface area contributed by atoms with E-state index < -0.39 is 0 Å². The van der Waals surface area contributed by atoms with Crippen LogP contribution in [0.25, 0.3) is 0 Å². The second-order valence-electron chi connectivity index (χ2n) is 8.81. The zero-order chi connectivity index (χ0) is 26.0. The summed E-state index contributed by atoms with van der Waals surface area (Å²) in [5, 5.41) is 0. The maximum atomic E-state index is 13.7. The number of hydrogen-bond acceptors (Lipinski definition) is 6. The van der Waals surface area contributed by atoms with Gasteiger partial charge in [-0.15, -0.1) is 0 Å². The molecule has 1 aliphatic heterocycles. The predicted molar refractivity (Wildman–Crippen MR) is 133 cm³/mol. The van der Waals surface area contributed by atoms with Crippen LogP contribution in [0, 0.1) is 0 Å². The van der Waals surface area contributed by atoms with Gasteiger partial charge in [0, 0.05) is 56.0 Å². The molecule has 0 bridgehead atoms. The maximum absolute atomic E-state index is 13.7. The second kappa shape index (κ2) is 10.2. The molecule has 36 heavy (non-hydrogen) atoms. The van der Waals surface area contributed by atoms with Crippen molar-refractivity contribution in [1.29, 1.82) is 0 Å². The van der Waals surface area contributed by atoms with Crippen molar-refractivity contribution < 1.29 is 23.5 Å². The summed E-state index contributed by atoms with van der Waals surface area (Å²) in [5.41, 5.74) is 1.53. The highest BCUT2D eigenvalue weighted by molar-refractivity contribution is 5.99. The zero-order valence-electron chi connectivity index (χ0n) is 20.8. The third-order valence-electron chi connectivity index (χ3n) is 6.71. The van der Waals surface area contributed by atoms with Gasteiger partial charge in [0.15, 0.2) is 5.78 Å². The fourth-order valence-corrected chi connectivity index (χ4v) is 4.45. The van der Waals surface area contributed by atoms with E-state index >= 15 is 0 Å².